The van der Waals surface area contributed by atoms with Crippen molar-refractivity contribution in [3.05, 3.63) is 27.9 Å². The Kier molecular flexibility index (Phi) is 6.54. The van der Waals surface area contributed by atoms with E-state index in [4.69, 9.17) is 18.5 Å². The molecule has 1 aromatic rings. The Morgan fingerprint density at radius 1 is 1.24 bits per heavy atom. The maximum Gasteiger partial charge on any atom is 0.349 e. The van der Waals surface area contributed by atoms with Crippen molar-refractivity contribution < 1.29 is 52.9 Å². The zero-order valence-electron chi connectivity index (χ0n) is 19.8. The summed E-state index contributed by atoms with van der Waals surface area (Å²) in [6.45, 7) is 1.37. The Morgan fingerprint density at radius 3 is 2.68 bits per heavy atom. The number of hydrogen-bond acceptors (Lipinski definition) is 13. The molecular weight excluding hydrogens is 519 g/mol. The molecule has 0 aliphatic carbocycles. The van der Waals surface area contributed by atoms with Gasteiger partial charge >= 0.3 is 11.7 Å². The number of ether oxygens (including phenoxy) is 2. The highest BCUT2D eigenvalue weighted by molar-refractivity contribution is 7.45. The van der Waals surface area contributed by atoms with E-state index < -0.39 is 87.2 Å². The van der Waals surface area contributed by atoms with Crippen molar-refractivity contribution in [3.8, 4) is 0 Å². The minimum absolute atomic E-state index is 0.0856. The molecule has 5 aliphatic rings. The number of urea groups is 1. The maximum absolute atomic E-state index is 13.1. The third-order valence-corrected chi connectivity index (χ3v) is 8.00. The van der Waals surface area contributed by atoms with Crippen molar-refractivity contribution in [2.24, 2.45) is 0 Å². The van der Waals surface area contributed by atoms with Gasteiger partial charge in [-0.1, -0.05) is 0 Å². The number of hydrogen-bond donors (Lipinski definition) is 4. The number of rotatable bonds is 1. The highest BCUT2D eigenvalue weighted by Crippen LogP contribution is 2.47. The lowest BCUT2D eigenvalue weighted by Crippen LogP contribution is -2.67. The van der Waals surface area contributed by atoms with Gasteiger partial charge in [-0.25, -0.2) is 9.59 Å². The molecule has 17 heteroatoms. The number of phosphoric acid groups is 1. The second kappa shape index (κ2) is 9.18. The molecule has 4 N–H and O–H groups in total. The third kappa shape index (κ3) is 4.51. The van der Waals surface area contributed by atoms with Gasteiger partial charge in [-0.15, -0.1) is 0 Å². The Balaban J connectivity index is 1.66. The first-order valence-electron chi connectivity index (χ1n) is 11.5. The number of fused-ring (bicyclic) bond motifs is 5. The topological polar surface area (TPSA) is 222 Å². The molecule has 3 amide bonds. The van der Waals surface area contributed by atoms with E-state index in [1.807, 2.05) is 5.32 Å². The summed E-state index contributed by atoms with van der Waals surface area (Å²) in [6.07, 6.45) is -6.23. The number of carbonyl (C=O) groups excluding carboxylic acids is 2. The van der Waals surface area contributed by atoms with Crippen LogP contribution >= 0.6 is 7.82 Å². The number of aliphatic hydroxyl groups is 3. The first kappa shape index (κ1) is 26.3. The number of nitrogens with one attached hydrogen (secondary N) is 1. The molecule has 6 heterocycles. The monoisotopic (exact) mass is 545 g/mol. The summed E-state index contributed by atoms with van der Waals surface area (Å²) >= 11 is 0. The minimum atomic E-state index is -5.03. The molecule has 4 unspecified atom stereocenters. The Bertz CT molecular complexity index is 1220. The van der Waals surface area contributed by atoms with Crippen molar-refractivity contribution in [1.29, 1.82) is 0 Å². The summed E-state index contributed by atoms with van der Waals surface area (Å²) in [4.78, 5) is 56.3. The molecule has 1 aromatic heterocycles. The van der Waals surface area contributed by atoms with Crippen molar-refractivity contribution in [2.45, 2.75) is 75.2 Å². The second-order valence-electron chi connectivity index (χ2n) is 9.58. The van der Waals surface area contributed by atoms with Crippen LogP contribution in [0.5, 0.6) is 0 Å². The molecule has 6 rings (SSSR count). The van der Waals surface area contributed by atoms with Gasteiger partial charge in [0.1, 0.15) is 30.7 Å². The van der Waals surface area contributed by atoms with Gasteiger partial charge in [0, 0.05) is 19.0 Å². The fourth-order valence-corrected chi connectivity index (χ4v) is 6.04. The number of imide groups is 1. The van der Waals surface area contributed by atoms with Crippen molar-refractivity contribution in [2.75, 3.05) is 13.2 Å². The van der Waals surface area contributed by atoms with E-state index in [1.165, 1.54) is 6.20 Å². The third-order valence-electron chi connectivity index (χ3n) is 7.00. The van der Waals surface area contributed by atoms with Gasteiger partial charge in [0.25, 0.3) is 13.7 Å². The molecule has 5 aliphatic heterocycles. The zero-order chi connectivity index (χ0) is 26.9. The van der Waals surface area contributed by atoms with Crippen LogP contribution in [0.25, 0.3) is 0 Å². The summed E-state index contributed by atoms with van der Waals surface area (Å²) in [6, 6.07) is -2.53. The normalized spacial score (nSPS) is 42.1. The van der Waals surface area contributed by atoms with E-state index in [0.717, 1.165) is 16.4 Å². The SMILES string of the molecule is Cc1cn2c(=O)nc1C1N(C(=O)NC(=O)[C@]1(C)O)[C@H]1C[C@H](OP(=O)([O-])OCC3O[C@@H]2C[C@@H]3O)C(CO)O1. The van der Waals surface area contributed by atoms with Gasteiger partial charge in [-0.2, -0.15) is 4.98 Å². The molecule has 3 saturated heterocycles. The molecule has 37 heavy (non-hydrogen) atoms. The van der Waals surface area contributed by atoms with Crippen LogP contribution in [-0.4, -0.2) is 91.2 Å². The summed E-state index contributed by atoms with van der Waals surface area (Å²) in [7, 11) is -5.03. The van der Waals surface area contributed by atoms with Crippen molar-refractivity contribution >= 4 is 19.8 Å². The number of carbonyl (C=O) groups is 2. The lowest BCUT2D eigenvalue weighted by molar-refractivity contribution is -0.234. The lowest BCUT2D eigenvalue weighted by Gasteiger charge is -2.45. The van der Waals surface area contributed by atoms with Crippen molar-refractivity contribution in [1.82, 2.24) is 19.8 Å². The van der Waals surface area contributed by atoms with E-state index in [2.05, 4.69) is 4.98 Å². The molecule has 0 saturated carbocycles. The minimum Gasteiger partial charge on any atom is -0.756 e. The quantitative estimate of drug-likeness (QED) is 0.269. The molecular formula is C20H26N4O12P-. The van der Waals surface area contributed by atoms with Gasteiger partial charge in [-0.05, 0) is 19.4 Å². The Morgan fingerprint density at radius 2 is 1.97 bits per heavy atom. The zero-order valence-corrected chi connectivity index (χ0v) is 20.6. The van der Waals surface area contributed by atoms with E-state index in [9.17, 15) is 39.2 Å². The highest BCUT2D eigenvalue weighted by Gasteiger charge is 2.56. The highest BCUT2D eigenvalue weighted by atomic mass is 31.2. The predicted octanol–water partition coefficient (Wildman–Crippen LogP) is -2.46. The number of nitrogens with zero attached hydrogens (tertiary/aromatic N) is 3. The van der Waals surface area contributed by atoms with Crippen LogP contribution in [-0.2, 0) is 27.9 Å². The standard InChI is InChI=1S/C20H27N4O12P/c1-8-5-23-13-3-9(26)12(35-13)7-33-37(31,32)36-10-4-14(34-11(10)6-25)24-16(15(8)21-18(23)28)20(2,30)17(27)22-19(24)29/h5,9-14,16,25-26,30H,3-4,6-7H2,1-2H3,(H,31,32)(H,22,27,29)/p-1/t9-,10-,11?,12?,13+,14+,16?,20+/m0/s1. The lowest BCUT2D eigenvalue weighted by atomic mass is 9.87. The van der Waals surface area contributed by atoms with Crippen LogP contribution in [0.2, 0.25) is 0 Å². The molecule has 3 fully saturated rings. The number of amides is 3. The maximum atomic E-state index is 13.1. The fourth-order valence-electron chi connectivity index (χ4n) is 5.10. The smallest absolute Gasteiger partial charge is 0.349 e. The van der Waals surface area contributed by atoms with Crippen LogP contribution < -0.4 is 15.9 Å². The molecule has 0 aromatic carbocycles. The van der Waals surface area contributed by atoms with Crippen LogP contribution in [0.15, 0.2) is 11.0 Å². The van der Waals surface area contributed by atoms with Gasteiger partial charge < -0.3 is 38.7 Å². The summed E-state index contributed by atoms with van der Waals surface area (Å²) in [5.41, 5.74) is -2.97. The second-order valence-corrected chi connectivity index (χ2v) is 10.9. The molecule has 6 bridgehead atoms. The Hall–Kier alpha value is -2.27. The first-order valence-corrected chi connectivity index (χ1v) is 13.0. The largest absolute Gasteiger partial charge is 0.756 e. The van der Waals surface area contributed by atoms with Crippen molar-refractivity contribution in [3.63, 3.8) is 0 Å². The fraction of sp³-hybridized carbons (Fsp3) is 0.700. The average Bonchev–Trinajstić information content (AvgIpc) is 3.38. The van der Waals surface area contributed by atoms with Crippen LogP contribution in [0.1, 0.15) is 43.3 Å². The Labute approximate surface area is 209 Å². The molecule has 0 radical (unpaired) electrons. The van der Waals surface area contributed by atoms with Gasteiger partial charge in [0.15, 0.2) is 5.60 Å². The first-order chi connectivity index (χ1) is 17.3. The summed E-state index contributed by atoms with van der Waals surface area (Å²) in [5, 5.41) is 33.4. The molecule has 16 nitrogen and oxygen atoms in total. The summed E-state index contributed by atoms with van der Waals surface area (Å²) in [5.74, 6) is -1.05. The van der Waals surface area contributed by atoms with E-state index >= 15 is 0 Å². The van der Waals surface area contributed by atoms with E-state index in [1.54, 1.807) is 6.92 Å². The van der Waals surface area contributed by atoms with Crippen LogP contribution in [0.3, 0.4) is 0 Å². The molecule has 204 valence electrons. The predicted molar refractivity (Wildman–Crippen MR) is 115 cm³/mol. The number of aromatic nitrogens is 2. The summed E-state index contributed by atoms with van der Waals surface area (Å²) < 4.78 is 35.0. The molecule has 0 spiro atoms. The number of aryl methyl sites for hydroxylation is 1. The van der Waals surface area contributed by atoms with E-state index in [-0.39, 0.29) is 18.5 Å². The molecule has 9 atom stereocenters. The number of phosphoric ester groups is 1. The van der Waals surface area contributed by atoms with Crippen LogP contribution in [0.4, 0.5) is 4.79 Å². The van der Waals surface area contributed by atoms with Gasteiger partial charge in [0.05, 0.1) is 31.1 Å². The van der Waals surface area contributed by atoms with E-state index in [0.29, 0.717) is 5.56 Å². The van der Waals surface area contributed by atoms with Gasteiger partial charge in [0.2, 0.25) is 0 Å². The number of aliphatic hydroxyl groups excluding tert-OH is 2. The average molecular weight is 545 g/mol. The van der Waals surface area contributed by atoms with Crippen LogP contribution in [0, 0.1) is 6.92 Å². The van der Waals surface area contributed by atoms with Gasteiger partial charge in [-0.3, -0.25) is 24.1 Å².